The molecule has 0 spiro atoms. The molecule has 0 unspecified atom stereocenters. The number of hydrogen-bond donors (Lipinski definition) is 2. The van der Waals surface area contributed by atoms with Gasteiger partial charge in [0.2, 0.25) is 0 Å². The Bertz CT molecular complexity index is 458. The van der Waals surface area contributed by atoms with Crippen LogP contribution < -0.4 is 10.6 Å². The number of benzene rings is 1. The molecule has 5 heteroatoms. The summed E-state index contributed by atoms with van der Waals surface area (Å²) in [6.07, 6.45) is 2.21. The van der Waals surface area contributed by atoms with E-state index >= 15 is 0 Å². The van der Waals surface area contributed by atoms with Crippen LogP contribution >= 0.6 is 15.9 Å². The second kappa shape index (κ2) is 6.39. The smallest absolute Gasteiger partial charge is 0.126 e. The fraction of sp³-hybridized carbons (Fsp3) is 0.500. The maximum Gasteiger partial charge on any atom is 0.126 e. The van der Waals surface area contributed by atoms with Gasteiger partial charge in [-0.15, -0.1) is 0 Å². The third kappa shape index (κ3) is 3.48. The Labute approximate surface area is 122 Å². The van der Waals surface area contributed by atoms with Crippen LogP contribution in [0.1, 0.15) is 18.4 Å². The van der Waals surface area contributed by atoms with E-state index in [1.165, 1.54) is 0 Å². The Hall–Kier alpha value is -1.07. The van der Waals surface area contributed by atoms with Crippen LogP contribution in [0.25, 0.3) is 0 Å². The molecule has 1 saturated heterocycles. The molecular weight excluding hydrogens is 306 g/mol. The number of ether oxygens (including phenoxy) is 1. The predicted octanol–water partition coefficient (Wildman–Crippen LogP) is 2.60. The van der Waals surface area contributed by atoms with Crippen LogP contribution in [0, 0.1) is 11.3 Å². The van der Waals surface area contributed by atoms with Crippen LogP contribution in [-0.4, -0.2) is 32.6 Å². The van der Waals surface area contributed by atoms with E-state index in [1.807, 2.05) is 18.2 Å². The minimum atomic E-state index is 0.0984. The maximum atomic E-state index is 7.73. The van der Waals surface area contributed by atoms with Gasteiger partial charge in [0, 0.05) is 37.0 Å². The number of halogens is 1. The molecule has 0 bridgehead atoms. The first-order valence-corrected chi connectivity index (χ1v) is 7.30. The number of nitrogens with one attached hydrogen (secondary N) is 1. The summed E-state index contributed by atoms with van der Waals surface area (Å²) in [5.41, 5.74) is 7.48. The Morgan fingerprint density at radius 2 is 2.16 bits per heavy atom. The summed E-state index contributed by atoms with van der Waals surface area (Å²) in [6.45, 7) is 2.69. The van der Waals surface area contributed by atoms with E-state index in [1.54, 1.807) is 0 Å². The second-order valence-electron chi connectivity index (χ2n) is 4.98. The molecule has 3 N–H and O–H groups in total. The van der Waals surface area contributed by atoms with Crippen LogP contribution in [0.2, 0.25) is 0 Å². The number of nitrogen functional groups attached to an aromatic ring is 1. The molecule has 0 aromatic heterocycles. The van der Waals surface area contributed by atoms with Crippen molar-refractivity contribution in [1.82, 2.24) is 0 Å². The van der Waals surface area contributed by atoms with Gasteiger partial charge in [0.25, 0.3) is 0 Å². The first-order chi connectivity index (χ1) is 9.09. The van der Waals surface area contributed by atoms with Crippen molar-refractivity contribution < 1.29 is 4.74 Å². The minimum Gasteiger partial charge on any atom is -0.384 e. The largest absolute Gasteiger partial charge is 0.384 e. The number of hydrogen-bond acceptors (Lipinski definition) is 3. The van der Waals surface area contributed by atoms with E-state index < -0.39 is 0 Å². The highest BCUT2D eigenvalue weighted by Crippen LogP contribution is 2.28. The van der Waals surface area contributed by atoms with Crippen LogP contribution in [0.3, 0.4) is 0 Å². The molecule has 0 atom stereocenters. The molecule has 104 valence electrons. The van der Waals surface area contributed by atoms with Gasteiger partial charge in [-0.05, 0) is 46.8 Å². The molecule has 1 aliphatic rings. The Morgan fingerprint density at radius 3 is 2.79 bits per heavy atom. The molecule has 1 fully saturated rings. The summed E-state index contributed by atoms with van der Waals surface area (Å²) in [4.78, 5) is 2.19. The first-order valence-electron chi connectivity index (χ1n) is 6.51. The zero-order valence-corrected chi connectivity index (χ0v) is 12.7. The molecule has 1 heterocycles. The summed E-state index contributed by atoms with van der Waals surface area (Å²) >= 11 is 3.47. The number of rotatable bonds is 4. The summed E-state index contributed by atoms with van der Waals surface area (Å²) in [5, 5.41) is 7.73. The zero-order chi connectivity index (χ0) is 13.8. The number of amidine groups is 1. The third-order valence-electron chi connectivity index (χ3n) is 3.55. The lowest BCUT2D eigenvalue weighted by atomic mass is 9.99. The highest BCUT2D eigenvalue weighted by Gasteiger charge is 2.19. The average Bonchev–Trinajstić information content (AvgIpc) is 2.39. The molecule has 0 amide bonds. The van der Waals surface area contributed by atoms with E-state index in [4.69, 9.17) is 15.9 Å². The van der Waals surface area contributed by atoms with E-state index in [-0.39, 0.29) is 5.84 Å². The van der Waals surface area contributed by atoms with Gasteiger partial charge in [-0.25, -0.2) is 0 Å². The molecular formula is C14H20BrN3O. The number of nitrogens with zero attached hydrogens (tertiary/aromatic N) is 1. The normalized spacial score (nSPS) is 16.3. The van der Waals surface area contributed by atoms with Crippen molar-refractivity contribution in [3.05, 3.63) is 28.2 Å². The summed E-state index contributed by atoms with van der Waals surface area (Å²) in [6, 6.07) is 5.91. The van der Waals surface area contributed by atoms with Gasteiger partial charge in [-0.3, -0.25) is 5.41 Å². The van der Waals surface area contributed by atoms with Gasteiger partial charge in [0.15, 0.2) is 0 Å². The van der Waals surface area contributed by atoms with Crippen LogP contribution in [0.15, 0.2) is 22.7 Å². The highest BCUT2D eigenvalue weighted by atomic mass is 79.9. The summed E-state index contributed by atoms with van der Waals surface area (Å²) in [5.74, 6) is 0.749. The van der Waals surface area contributed by atoms with Gasteiger partial charge in [-0.1, -0.05) is 6.07 Å². The van der Waals surface area contributed by atoms with Crippen molar-refractivity contribution >= 4 is 27.5 Å². The van der Waals surface area contributed by atoms with Crippen molar-refractivity contribution in [3.8, 4) is 0 Å². The van der Waals surface area contributed by atoms with Gasteiger partial charge in [0.1, 0.15) is 5.84 Å². The van der Waals surface area contributed by atoms with Gasteiger partial charge in [-0.2, -0.15) is 0 Å². The Morgan fingerprint density at radius 1 is 1.47 bits per heavy atom. The molecule has 1 aliphatic heterocycles. The van der Waals surface area contributed by atoms with Gasteiger partial charge >= 0.3 is 0 Å². The van der Waals surface area contributed by atoms with Gasteiger partial charge in [0.05, 0.1) is 5.56 Å². The molecule has 0 aliphatic carbocycles. The van der Waals surface area contributed by atoms with E-state index in [9.17, 15) is 0 Å². The quantitative estimate of drug-likeness (QED) is 0.660. The second-order valence-corrected chi connectivity index (χ2v) is 5.84. The fourth-order valence-electron chi connectivity index (χ4n) is 2.51. The SMILES string of the molecule is CN(CC1CCOCC1)c1cccc(Br)c1C(=N)N. The predicted molar refractivity (Wildman–Crippen MR) is 82.0 cm³/mol. The van der Waals surface area contributed by atoms with E-state index in [0.29, 0.717) is 5.92 Å². The highest BCUT2D eigenvalue weighted by molar-refractivity contribution is 9.10. The standard InChI is InChI=1S/C14H20BrN3O/c1-18(9-10-5-7-19-8-6-10)12-4-2-3-11(15)13(12)14(16)17/h2-4,10H,5-9H2,1H3,(H3,16,17). The molecule has 19 heavy (non-hydrogen) atoms. The molecule has 2 rings (SSSR count). The zero-order valence-electron chi connectivity index (χ0n) is 11.2. The van der Waals surface area contributed by atoms with Crippen LogP contribution in [0.5, 0.6) is 0 Å². The first kappa shape index (κ1) is 14.3. The number of nitrogens with two attached hydrogens (primary N) is 1. The van der Waals surface area contributed by atoms with E-state index in [0.717, 1.165) is 48.3 Å². The van der Waals surface area contributed by atoms with Crippen LogP contribution in [0.4, 0.5) is 5.69 Å². The molecule has 1 aromatic carbocycles. The lowest BCUT2D eigenvalue weighted by Crippen LogP contribution is -2.31. The minimum absolute atomic E-state index is 0.0984. The van der Waals surface area contributed by atoms with E-state index in [2.05, 4.69) is 27.9 Å². The molecule has 0 radical (unpaired) electrons. The third-order valence-corrected chi connectivity index (χ3v) is 4.21. The van der Waals surface area contributed by atoms with Crippen molar-refractivity contribution in [2.24, 2.45) is 11.7 Å². The average molecular weight is 326 g/mol. The summed E-state index contributed by atoms with van der Waals surface area (Å²) < 4.78 is 6.26. The lowest BCUT2D eigenvalue weighted by Gasteiger charge is -2.29. The number of anilines is 1. The maximum absolute atomic E-state index is 7.73. The van der Waals surface area contributed by atoms with Crippen molar-refractivity contribution in [1.29, 1.82) is 5.41 Å². The molecule has 1 aromatic rings. The lowest BCUT2D eigenvalue weighted by molar-refractivity contribution is 0.0685. The Kier molecular flexibility index (Phi) is 4.82. The molecule has 4 nitrogen and oxygen atoms in total. The monoisotopic (exact) mass is 325 g/mol. The van der Waals surface area contributed by atoms with Crippen molar-refractivity contribution in [2.75, 3.05) is 31.7 Å². The van der Waals surface area contributed by atoms with Crippen LogP contribution in [-0.2, 0) is 4.74 Å². The Balaban J connectivity index is 2.16. The molecule has 0 saturated carbocycles. The topological polar surface area (TPSA) is 62.3 Å². The fourth-order valence-corrected chi connectivity index (χ4v) is 3.08. The van der Waals surface area contributed by atoms with Crippen molar-refractivity contribution in [3.63, 3.8) is 0 Å². The van der Waals surface area contributed by atoms with Gasteiger partial charge < -0.3 is 15.4 Å². The van der Waals surface area contributed by atoms with Crippen molar-refractivity contribution in [2.45, 2.75) is 12.8 Å². The summed E-state index contributed by atoms with van der Waals surface area (Å²) in [7, 11) is 2.06.